The highest BCUT2D eigenvalue weighted by Gasteiger charge is 2.32. The molecule has 4 N–H and O–H groups in total. The lowest BCUT2D eigenvalue weighted by molar-refractivity contribution is 0.237. The van der Waals surface area contributed by atoms with Crippen LogP contribution in [0.3, 0.4) is 0 Å². The second kappa shape index (κ2) is 61.7. The molecule has 11 fully saturated rings. The number of nitrogens with one attached hydrogen (secondary N) is 2. The number of rotatable bonds is 16. The first-order chi connectivity index (χ1) is 72.4. The van der Waals surface area contributed by atoms with Crippen molar-refractivity contribution >= 4 is 5.82 Å². The Labute approximate surface area is 902 Å². The van der Waals surface area contributed by atoms with E-state index in [1.54, 1.807) is 12.5 Å². The van der Waals surface area contributed by atoms with Gasteiger partial charge in [-0.05, 0) is 463 Å². The molecule has 11 aliphatic rings. The number of anilines is 1. The second-order valence-electron chi connectivity index (χ2n) is 45.6. The summed E-state index contributed by atoms with van der Waals surface area (Å²) >= 11 is 0. The molecule has 150 heavy (non-hydrogen) atoms. The fourth-order valence-corrected chi connectivity index (χ4v) is 23.9. The number of likely N-dealkylation sites (tertiary alicyclic amines) is 11. The van der Waals surface area contributed by atoms with Crippen molar-refractivity contribution in [3.05, 3.63) is 190 Å². The van der Waals surface area contributed by atoms with Gasteiger partial charge in [-0.15, -0.1) is 0 Å². The van der Waals surface area contributed by atoms with Crippen LogP contribution in [0.4, 0.5) is 5.82 Å². The van der Waals surface area contributed by atoms with Gasteiger partial charge in [-0.3, -0.25) is 47.7 Å². The average Bonchev–Trinajstić information content (AvgIpc) is 1.67. The Hall–Kier alpha value is -9.33. The Morgan fingerprint density at radius 1 is 0.327 bits per heavy atom. The molecule has 0 amide bonds. The minimum atomic E-state index is 0.552. The molecule has 834 valence electrons. The van der Waals surface area contributed by atoms with Gasteiger partial charge in [-0.1, -0.05) is 13.8 Å². The predicted molar refractivity (Wildman–Crippen MR) is 610 cm³/mol. The first-order valence-corrected chi connectivity index (χ1v) is 57.7. The topological polar surface area (TPSA) is 288 Å². The molecule has 11 aliphatic heterocycles. The predicted octanol–water partition coefficient (Wildman–Crippen LogP) is 16.7. The fraction of sp³-hybridized carbons (Fsp3) is 0.716. The number of nitrogens with two attached hydrogens (primary N) is 1. The summed E-state index contributed by atoms with van der Waals surface area (Å²) < 4.78 is 21.7. The average molecular weight is 2070 g/mol. The van der Waals surface area contributed by atoms with Crippen LogP contribution in [0.5, 0.6) is 0 Å². The maximum Gasteiger partial charge on any atom is 0.197 e. The van der Waals surface area contributed by atoms with Crippen molar-refractivity contribution in [3.63, 3.8) is 0 Å². The van der Waals surface area contributed by atoms with Crippen molar-refractivity contribution in [3.8, 4) is 0 Å². The number of hydrogen-bond donors (Lipinski definition) is 3. The first-order valence-electron chi connectivity index (χ1n) is 57.7. The molecule has 22 rings (SSSR count). The zero-order valence-corrected chi connectivity index (χ0v) is 97.2. The van der Waals surface area contributed by atoms with E-state index in [4.69, 9.17) is 10.2 Å². The maximum absolute atomic E-state index is 5.56. The SMILES string of the molecule is CCCn1nccc1C1CCN(C)CC1.CCc1cnn(C)c1C1CCN(C)CC1.CCn1ncc(C)c1C1CCN(C)CC1.CCn1nccc1C1CCN(C)CC1.CN1CCC(c2cc(N)n[nH]2)CC1.CN1CCC(c2ccn(C)n2)CC1.CN1CCC(c2ccn[nH]2)CC1.CN1CCC(c2ccnn2C)CC1.CN1CCC(c2ncco2)CC1.Cc1cn(C)nc1C1CCN(C)CC1.Cc1cnn(C)c1C1CCN(C)CC1. The van der Waals surface area contributed by atoms with Crippen LogP contribution >= 0.6 is 0 Å². The Morgan fingerprint density at radius 3 is 1.10 bits per heavy atom. The monoisotopic (exact) mass is 2070 g/mol. The van der Waals surface area contributed by atoms with Crippen LogP contribution in [0, 0.1) is 20.8 Å². The molecule has 0 saturated carbocycles. The van der Waals surface area contributed by atoms with Crippen molar-refractivity contribution in [2.24, 2.45) is 35.2 Å². The molecule has 0 radical (unpaired) electrons. The van der Waals surface area contributed by atoms with E-state index in [-0.39, 0.29) is 0 Å². The van der Waals surface area contributed by atoms with Crippen molar-refractivity contribution in [2.45, 2.75) is 287 Å². The number of aromatic amines is 2. The summed E-state index contributed by atoms with van der Waals surface area (Å²) in [7, 11) is 34.3. The number of aryl methyl sites for hydroxylation is 12. The highest BCUT2D eigenvalue weighted by Crippen LogP contribution is 2.38. The minimum Gasteiger partial charge on any atom is -0.449 e. The van der Waals surface area contributed by atoms with Gasteiger partial charge in [0.25, 0.3) is 0 Å². The van der Waals surface area contributed by atoms with Crippen LogP contribution in [0.2, 0.25) is 0 Å². The summed E-state index contributed by atoms with van der Waals surface area (Å²) in [6, 6.07) is 12.7. The maximum atomic E-state index is 5.56. The molecule has 11 aromatic heterocycles. The van der Waals surface area contributed by atoms with E-state index in [0.29, 0.717) is 35.4 Å². The summed E-state index contributed by atoms with van der Waals surface area (Å²) in [5.41, 5.74) is 24.8. The number of nitrogen functional groups attached to an aromatic ring is 1. The van der Waals surface area contributed by atoms with E-state index in [2.05, 4.69) is 315 Å². The van der Waals surface area contributed by atoms with Crippen LogP contribution in [-0.4, -0.2) is 379 Å². The molecule has 34 nitrogen and oxygen atoms in total. The van der Waals surface area contributed by atoms with Crippen molar-refractivity contribution in [2.75, 3.05) is 227 Å². The van der Waals surface area contributed by atoms with Crippen LogP contribution < -0.4 is 5.73 Å². The summed E-state index contributed by atoms with van der Waals surface area (Å²) in [6.45, 7) is 44.9. The lowest BCUT2D eigenvalue weighted by atomic mass is 9.91. The third-order valence-corrected chi connectivity index (χ3v) is 33.8. The van der Waals surface area contributed by atoms with E-state index < -0.39 is 0 Å². The molecule has 0 atom stereocenters. The van der Waals surface area contributed by atoms with Gasteiger partial charge < -0.3 is 64.0 Å². The standard InChI is InChI=1S/3C12H21N3.3C11H19N3.2C10H17N3.C9H16N4.C9H15N3.C9H14N2O/c1-4-10-9-13-15(3)12(10)11-5-7-14(2)8-6-11;1-4-15-12(10(2)9-13-15)11-5-7-14(3)8-6-11;1-3-8-15-12(4-7-13-15)11-5-9-14(2)10-6-11;1-9-8-14(3)12-11(9)10-4-6-13(2)7-5-10;1-9-8-12-14(3)11(9)10-4-6-13(2)7-5-10;1-3-14-11(4-7-12-14)10-5-8-13(2)9-6-10;1-12-7-4-9(5-8-12)10-3-6-11-13(10)2;1-12-6-3-9(4-7-12)10-5-8-13(2)11-10;1-13-4-2-7(3-5-13)8-6-9(10)12-11-8;1-12-6-3-8(4-7-12)9-2-5-10-11-9;1-11-5-2-8(3-6-11)9-10-4-7-12-9/h2*9,11H,4-8H2,1-3H3;4,7,11H,3,5-6,8-10H2,1-2H3;2*8,10H,4-7H2,1-3H3;4,7,10H,3,5-6,8-9H2,1-2H3;3,6,9H,4-5,7-8H2,1-2H3;5,8-9H,3-4,6-7H2,1-2H3;6-7H,2-5H2,1H3,(H3,10,11,12);2,5,8H,3-4,6-7H2,1H3,(H,10,11);4,7-8H,2-3,5-6H2,1H3. The molecule has 0 aromatic carbocycles. The van der Waals surface area contributed by atoms with Gasteiger partial charge in [-0.25, -0.2) is 4.98 Å². The van der Waals surface area contributed by atoms with Gasteiger partial charge in [0.05, 0.1) is 36.2 Å². The lowest BCUT2D eigenvalue weighted by Gasteiger charge is -2.29. The molecule has 0 spiro atoms. The van der Waals surface area contributed by atoms with E-state index in [1.165, 1.54) is 358 Å². The summed E-state index contributed by atoms with van der Waals surface area (Å²) in [5, 5.41) is 49.1. The molecule has 22 heterocycles. The molecule has 34 heteroatoms. The third kappa shape index (κ3) is 37.0. The summed E-state index contributed by atoms with van der Waals surface area (Å²) in [6.07, 6.45) is 51.1. The Morgan fingerprint density at radius 2 is 0.713 bits per heavy atom. The molecular weight excluding hydrogens is 1870 g/mol. The fourth-order valence-electron chi connectivity index (χ4n) is 23.9. The lowest BCUT2D eigenvalue weighted by Crippen LogP contribution is -2.30. The number of H-pyrrole nitrogens is 2. The number of oxazole rings is 1. The van der Waals surface area contributed by atoms with Gasteiger partial charge in [0, 0.05) is 209 Å². The van der Waals surface area contributed by atoms with Crippen molar-refractivity contribution in [1.29, 1.82) is 0 Å². The normalized spacial score (nSPS) is 20.4. The zero-order chi connectivity index (χ0) is 107. The largest absolute Gasteiger partial charge is 0.449 e. The van der Waals surface area contributed by atoms with Crippen LogP contribution in [0.1, 0.15) is 326 Å². The Kier molecular flexibility index (Phi) is 49.1. The molecule has 11 aromatic rings. The molecule has 0 bridgehead atoms. The molecule has 0 aliphatic carbocycles. The number of hydrogen-bond acceptors (Lipinski definition) is 24. The quantitative estimate of drug-likeness (QED) is 0.0810. The van der Waals surface area contributed by atoms with Crippen molar-refractivity contribution in [1.82, 2.24) is 158 Å². The van der Waals surface area contributed by atoms with Crippen molar-refractivity contribution < 1.29 is 4.42 Å². The Bertz CT molecular complexity index is 5200. The van der Waals surface area contributed by atoms with E-state index in [1.807, 2.05) is 95.5 Å². The number of aromatic nitrogens is 21. The highest BCUT2D eigenvalue weighted by atomic mass is 16.3. The zero-order valence-electron chi connectivity index (χ0n) is 97.2. The van der Waals surface area contributed by atoms with Gasteiger partial charge in [0.15, 0.2) is 5.89 Å². The van der Waals surface area contributed by atoms with Crippen LogP contribution in [-0.2, 0) is 61.3 Å². The van der Waals surface area contributed by atoms with Gasteiger partial charge in [0.1, 0.15) is 12.1 Å². The highest BCUT2D eigenvalue weighted by molar-refractivity contribution is 5.31. The van der Waals surface area contributed by atoms with Gasteiger partial charge in [0.2, 0.25) is 0 Å². The molecule has 11 saturated heterocycles. The van der Waals surface area contributed by atoms with Crippen LogP contribution in [0.25, 0.3) is 0 Å². The summed E-state index contributed by atoms with van der Waals surface area (Å²) in [5.74, 6) is 9.15. The number of piperidine rings is 11. The van der Waals surface area contributed by atoms with E-state index in [9.17, 15) is 0 Å². The molecule has 0 unspecified atom stereocenters. The second-order valence-corrected chi connectivity index (χ2v) is 45.6. The first kappa shape index (κ1) is 119. The Balaban J connectivity index is 0.000000146. The summed E-state index contributed by atoms with van der Waals surface area (Å²) in [4.78, 5) is 30.5. The molecular formula is C116H199N33O. The number of nitrogens with zero attached hydrogens (tertiary/aromatic N) is 30. The minimum absolute atomic E-state index is 0.552. The van der Waals surface area contributed by atoms with Crippen LogP contribution in [0.15, 0.2) is 109 Å². The third-order valence-electron chi connectivity index (χ3n) is 33.8. The van der Waals surface area contributed by atoms with Gasteiger partial charge in [-0.2, -0.15) is 51.0 Å². The van der Waals surface area contributed by atoms with E-state index in [0.717, 1.165) is 80.5 Å². The smallest absolute Gasteiger partial charge is 0.197 e. The van der Waals surface area contributed by atoms with E-state index >= 15 is 0 Å². The van der Waals surface area contributed by atoms with Gasteiger partial charge >= 0.3 is 0 Å².